The van der Waals surface area contributed by atoms with Crippen molar-refractivity contribution in [3.8, 4) is 0 Å². The monoisotopic (exact) mass is 299 g/mol. The topological polar surface area (TPSA) is 50.5 Å². The highest BCUT2D eigenvalue weighted by atomic mass is 16.5. The Balaban J connectivity index is 1.34. The van der Waals surface area contributed by atoms with Crippen LogP contribution in [0, 0.1) is 0 Å². The summed E-state index contributed by atoms with van der Waals surface area (Å²) in [6, 6.07) is 8.35. The van der Waals surface area contributed by atoms with Crippen LogP contribution in [-0.2, 0) is 11.3 Å². The van der Waals surface area contributed by atoms with Crippen LogP contribution in [0.1, 0.15) is 18.6 Å². The zero-order chi connectivity index (χ0) is 14.8. The van der Waals surface area contributed by atoms with Gasteiger partial charge in [0.25, 0.3) is 0 Å². The van der Waals surface area contributed by atoms with Gasteiger partial charge in [0, 0.05) is 31.9 Å². The van der Waals surface area contributed by atoms with Crippen LogP contribution in [0.15, 0.2) is 47.3 Å². The number of pyridine rings is 1. The Bertz CT molecular complexity index is 602. The second-order valence-electron chi connectivity index (χ2n) is 6.32. The average Bonchev–Trinajstić information content (AvgIpc) is 3.25. The van der Waals surface area contributed by atoms with Crippen molar-refractivity contribution < 1.29 is 9.15 Å². The fourth-order valence-corrected chi connectivity index (χ4v) is 3.59. The molecule has 4 rings (SSSR count). The number of aromatic nitrogens is 1. The zero-order valence-electron chi connectivity index (χ0n) is 12.6. The minimum absolute atomic E-state index is 0.00642. The zero-order valence-corrected chi connectivity index (χ0v) is 12.6. The van der Waals surface area contributed by atoms with Crippen molar-refractivity contribution in [3.63, 3.8) is 0 Å². The largest absolute Gasteiger partial charge is 0.468 e. The predicted molar refractivity (Wildman–Crippen MR) is 83.5 cm³/mol. The van der Waals surface area contributed by atoms with Gasteiger partial charge in [0.1, 0.15) is 5.76 Å². The maximum Gasteiger partial charge on any atom is 0.117 e. The number of furan rings is 1. The molecule has 0 radical (unpaired) electrons. The summed E-state index contributed by atoms with van der Waals surface area (Å²) in [6.45, 7) is 3.70. The van der Waals surface area contributed by atoms with Crippen molar-refractivity contribution in [2.45, 2.75) is 31.0 Å². The quantitative estimate of drug-likeness (QED) is 0.940. The Morgan fingerprint density at radius 3 is 3.18 bits per heavy atom. The average molecular weight is 299 g/mol. The summed E-state index contributed by atoms with van der Waals surface area (Å²) < 4.78 is 11.6. The molecule has 0 aliphatic carbocycles. The van der Waals surface area contributed by atoms with Gasteiger partial charge in [0.05, 0.1) is 36.7 Å². The Labute approximate surface area is 130 Å². The summed E-state index contributed by atoms with van der Waals surface area (Å²) in [5, 5.41) is 3.53. The molecule has 0 saturated carbocycles. The van der Waals surface area contributed by atoms with Gasteiger partial charge in [-0.1, -0.05) is 0 Å². The summed E-state index contributed by atoms with van der Waals surface area (Å²) in [5.74, 6) is 1.03. The van der Waals surface area contributed by atoms with Gasteiger partial charge in [0.15, 0.2) is 0 Å². The summed E-state index contributed by atoms with van der Waals surface area (Å²) in [6.07, 6.45) is 7.54. The summed E-state index contributed by atoms with van der Waals surface area (Å²) >= 11 is 0. The molecule has 2 unspecified atom stereocenters. The van der Waals surface area contributed by atoms with Crippen molar-refractivity contribution in [2.24, 2.45) is 0 Å². The van der Waals surface area contributed by atoms with E-state index in [9.17, 15) is 0 Å². The van der Waals surface area contributed by atoms with Crippen LogP contribution in [0.3, 0.4) is 0 Å². The van der Waals surface area contributed by atoms with Gasteiger partial charge in [-0.2, -0.15) is 0 Å². The smallest absolute Gasteiger partial charge is 0.117 e. The highest BCUT2D eigenvalue weighted by Gasteiger charge is 2.45. The van der Waals surface area contributed by atoms with Crippen molar-refractivity contribution in [1.29, 1.82) is 0 Å². The molecule has 5 nitrogen and oxygen atoms in total. The maximum atomic E-state index is 6.18. The number of nitrogens with zero attached hydrogens (tertiary/aromatic N) is 2. The second kappa shape index (κ2) is 5.74. The van der Waals surface area contributed by atoms with E-state index in [1.807, 2.05) is 24.4 Å². The van der Waals surface area contributed by atoms with Gasteiger partial charge in [-0.05, 0) is 30.7 Å². The van der Waals surface area contributed by atoms with Crippen molar-refractivity contribution in [3.05, 3.63) is 48.7 Å². The number of hydrogen-bond acceptors (Lipinski definition) is 5. The van der Waals surface area contributed by atoms with Crippen molar-refractivity contribution in [1.82, 2.24) is 9.88 Å². The van der Waals surface area contributed by atoms with Gasteiger partial charge in [-0.25, -0.2) is 0 Å². The highest BCUT2D eigenvalue weighted by molar-refractivity contribution is 5.41. The molecule has 0 bridgehead atoms. The standard InChI is InChI=1S/C17H21N3O2/c1-3-14(10-18-6-1)19-15-9-17(22-12-15)5-7-20(13-17)11-16-4-2-8-21-16/h1-4,6,8,10,15,19H,5,7,9,11-13H2. The van der Waals surface area contributed by atoms with E-state index < -0.39 is 0 Å². The third-order valence-corrected chi connectivity index (χ3v) is 4.60. The Morgan fingerprint density at radius 2 is 2.36 bits per heavy atom. The van der Waals surface area contributed by atoms with Gasteiger partial charge in [-0.15, -0.1) is 0 Å². The van der Waals surface area contributed by atoms with E-state index in [2.05, 4.69) is 21.3 Å². The SMILES string of the molecule is c1cncc(NC2COC3(CCN(Cc4ccco4)C3)C2)c1. The molecule has 4 heterocycles. The number of nitrogens with one attached hydrogen (secondary N) is 1. The van der Waals surface area contributed by atoms with E-state index in [1.54, 1.807) is 12.5 Å². The lowest BCUT2D eigenvalue weighted by molar-refractivity contribution is 0.0115. The second-order valence-corrected chi connectivity index (χ2v) is 6.32. The maximum absolute atomic E-state index is 6.18. The van der Waals surface area contributed by atoms with Crippen LogP contribution < -0.4 is 5.32 Å². The number of rotatable bonds is 4. The van der Waals surface area contributed by atoms with Gasteiger partial charge >= 0.3 is 0 Å². The van der Waals surface area contributed by atoms with Crippen LogP contribution in [0.4, 0.5) is 5.69 Å². The van der Waals surface area contributed by atoms with E-state index in [1.165, 1.54) is 0 Å². The molecule has 2 aliphatic rings. The Hall–Kier alpha value is -1.85. The summed E-state index contributed by atoms with van der Waals surface area (Å²) in [7, 11) is 0. The molecule has 2 saturated heterocycles. The molecule has 22 heavy (non-hydrogen) atoms. The highest BCUT2D eigenvalue weighted by Crippen LogP contribution is 2.36. The minimum Gasteiger partial charge on any atom is -0.468 e. The van der Waals surface area contributed by atoms with Gasteiger partial charge < -0.3 is 14.5 Å². The number of ether oxygens (including phenoxy) is 1. The molecule has 116 valence electrons. The first-order chi connectivity index (χ1) is 10.8. The lowest BCUT2D eigenvalue weighted by atomic mass is 9.97. The molecule has 2 aromatic rings. The van der Waals surface area contributed by atoms with E-state index in [0.717, 1.165) is 50.5 Å². The molecule has 2 fully saturated rings. The third kappa shape index (κ3) is 2.87. The number of hydrogen-bond donors (Lipinski definition) is 1. The lowest BCUT2D eigenvalue weighted by Crippen LogP contribution is -2.33. The number of anilines is 1. The molecule has 1 N–H and O–H groups in total. The molecule has 1 spiro atoms. The van der Waals surface area contributed by atoms with Crippen LogP contribution in [0.25, 0.3) is 0 Å². The summed E-state index contributed by atoms with van der Waals surface area (Å²) in [5.41, 5.74) is 1.07. The van der Waals surface area contributed by atoms with E-state index in [-0.39, 0.29) is 5.60 Å². The Kier molecular flexibility index (Phi) is 3.60. The normalized spacial score (nSPS) is 28.5. The fraction of sp³-hybridized carbons (Fsp3) is 0.471. The molecular weight excluding hydrogens is 278 g/mol. The fourth-order valence-electron chi connectivity index (χ4n) is 3.59. The molecule has 2 atom stereocenters. The molecule has 0 aromatic carbocycles. The van der Waals surface area contributed by atoms with Crippen LogP contribution >= 0.6 is 0 Å². The molecule has 0 amide bonds. The van der Waals surface area contributed by atoms with Crippen LogP contribution in [0.5, 0.6) is 0 Å². The van der Waals surface area contributed by atoms with Crippen LogP contribution in [-0.4, -0.2) is 41.2 Å². The van der Waals surface area contributed by atoms with Crippen molar-refractivity contribution in [2.75, 3.05) is 25.0 Å². The van der Waals surface area contributed by atoms with E-state index in [0.29, 0.717) is 6.04 Å². The third-order valence-electron chi connectivity index (χ3n) is 4.60. The molecular formula is C17H21N3O2. The summed E-state index contributed by atoms with van der Waals surface area (Å²) in [4.78, 5) is 6.57. The van der Waals surface area contributed by atoms with Gasteiger partial charge in [-0.3, -0.25) is 9.88 Å². The lowest BCUT2D eigenvalue weighted by Gasteiger charge is -2.23. The van der Waals surface area contributed by atoms with Crippen LogP contribution in [0.2, 0.25) is 0 Å². The first-order valence-corrected chi connectivity index (χ1v) is 7.87. The first kappa shape index (κ1) is 13.8. The van der Waals surface area contributed by atoms with Gasteiger partial charge in [0.2, 0.25) is 0 Å². The van der Waals surface area contributed by atoms with Crippen molar-refractivity contribution >= 4 is 5.69 Å². The van der Waals surface area contributed by atoms with E-state index >= 15 is 0 Å². The van der Waals surface area contributed by atoms with E-state index in [4.69, 9.17) is 9.15 Å². The number of likely N-dealkylation sites (tertiary alicyclic amines) is 1. The molecule has 2 aliphatic heterocycles. The molecule has 2 aromatic heterocycles. The first-order valence-electron chi connectivity index (χ1n) is 7.87. The minimum atomic E-state index is 0.00642. The predicted octanol–water partition coefficient (Wildman–Crippen LogP) is 2.52. The molecule has 5 heteroatoms. The Morgan fingerprint density at radius 1 is 1.36 bits per heavy atom.